The second-order valence-corrected chi connectivity index (χ2v) is 10.3. The van der Waals surface area contributed by atoms with Gasteiger partial charge in [0.05, 0.1) is 23.1 Å². The topological polar surface area (TPSA) is 83.5 Å². The van der Waals surface area contributed by atoms with E-state index in [4.69, 9.17) is 0 Å². The van der Waals surface area contributed by atoms with E-state index in [9.17, 15) is 18.3 Å². The van der Waals surface area contributed by atoms with Crippen LogP contribution in [-0.4, -0.2) is 31.2 Å². The molecule has 0 heterocycles. The third-order valence-corrected chi connectivity index (χ3v) is 7.49. The second kappa shape index (κ2) is 8.05. The zero-order valence-electron chi connectivity index (χ0n) is 16.3. The normalized spacial score (nSPS) is 16.6. The summed E-state index contributed by atoms with van der Waals surface area (Å²) in [5, 5.41) is 13.5. The van der Waals surface area contributed by atoms with Crippen molar-refractivity contribution in [3.05, 3.63) is 65.7 Å². The lowest BCUT2D eigenvalue weighted by Crippen LogP contribution is -2.43. The van der Waals surface area contributed by atoms with E-state index in [1.165, 1.54) is 0 Å². The molecule has 5 nitrogen and oxygen atoms in total. The molecule has 3 rings (SSSR count). The number of nitrogens with one attached hydrogen (secondary N) is 1. The summed E-state index contributed by atoms with van der Waals surface area (Å²) in [6, 6.07) is 15.9. The van der Waals surface area contributed by atoms with Gasteiger partial charge in [0.15, 0.2) is 9.84 Å². The summed E-state index contributed by atoms with van der Waals surface area (Å²) in [4.78, 5) is 12.6. The molecule has 28 heavy (non-hydrogen) atoms. The quantitative estimate of drug-likeness (QED) is 0.712. The standard InChI is InChI=1S/C22H27NO4S/c1-16(2)28(26,27)20-12-8-17(9-13-20)14-21(24)23-15-22(25,19-10-11-19)18-6-4-3-5-7-18/h3-9,12-13,16,19,25H,10-11,14-15H2,1-2H3,(H,23,24). The van der Waals surface area contributed by atoms with Gasteiger partial charge in [0, 0.05) is 0 Å². The molecule has 1 unspecified atom stereocenters. The average Bonchev–Trinajstić information content (AvgIpc) is 3.53. The van der Waals surface area contributed by atoms with Crippen molar-refractivity contribution >= 4 is 15.7 Å². The van der Waals surface area contributed by atoms with Crippen molar-refractivity contribution in [2.24, 2.45) is 5.92 Å². The molecule has 1 saturated carbocycles. The number of hydrogen-bond acceptors (Lipinski definition) is 4. The predicted octanol–water partition coefficient (Wildman–Crippen LogP) is 2.83. The van der Waals surface area contributed by atoms with Gasteiger partial charge in [0.25, 0.3) is 0 Å². The van der Waals surface area contributed by atoms with E-state index in [1.807, 2.05) is 30.3 Å². The molecule has 1 aliphatic rings. The fraction of sp³-hybridized carbons (Fsp3) is 0.409. The van der Waals surface area contributed by atoms with Crippen molar-refractivity contribution in [1.82, 2.24) is 5.32 Å². The molecule has 2 aromatic carbocycles. The van der Waals surface area contributed by atoms with Crippen LogP contribution in [0, 0.1) is 5.92 Å². The van der Waals surface area contributed by atoms with Crippen LogP contribution >= 0.6 is 0 Å². The molecule has 1 fully saturated rings. The van der Waals surface area contributed by atoms with Gasteiger partial charge in [-0.15, -0.1) is 0 Å². The van der Waals surface area contributed by atoms with Gasteiger partial charge in [-0.05, 0) is 55.9 Å². The largest absolute Gasteiger partial charge is 0.383 e. The van der Waals surface area contributed by atoms with Crippen LogP contribution in [0.4, 0.5) is 0 Å². The van der Waals surface area contributed by atoms with Crippen molar-refractivity contribution in [3.63, 3.8) is 0 Å². The third-order valence-electron chi connectivity index (χ3n) is 5.32. The first kappa shape index (κ1) is 20.6. The highest BCUT2D eigenvalue weighted by atomic mass is 32.2. The fourth-order valence-electron chi connectivity index (χ4n) is 3.32. The molecule has 0 saturated heterocycles. The van der Waals surface area contributed by atoms with Crippen molar-refractivity contribution in [1.29, 1.82) is 0 Å². The molecule has 1 amide bonds. The van der Waals surface area contributed by atoms with Crippen LogP contribution in [-0.2, 0) is 26.7 Å². The van der Waals surface area contributed by atoms with Crippen LogP contribution < -0.4 is 5.32 Å². The van der Waals surface area contributed by atoms with E-state index in [0.29, 0.717) is 0 Å². The van der Waals surface area contributed by atoms with Gasteiger partial charge >= 0.3 is 0 Å². The predicted molar refractivity (Wildman–Crippen MR) is 109 cm³/mol. The number of hydrogen-bond donors (Lipinski definition) is 2. The lowest BCUT2D eigenvalue weighted by Gasteiger charge is -2.29. The van der Waals surface area contributed by atoms with Gasteiger partial charge in [-0.1, -0.05) is 42.5 Å². The first-order valence-electron chi connectivity index (χ1n) is 9.61. The highest BCUT2D eigenvalue weighted by molar-refractivity contribution is 7.92. The Morgan fingerprint density at radius 3 is 2.25 bits per heavy atom. The number of sulfone groups is 1. The molecule has 1 aliphatic carbocycles. The minimum Gasteiger partial charge on any atom is -0.383 e. The van der Waals surface area contributed by atoms with E-state index < -0.39 is 20.7 Å². The van der Waals surface area contributed by atoms with Crippen molar-refractivity contribution in [2.75, 3.05) is 6.54 Å². The number of aliphatic hydroxyl groups is 1. The molecule has 0 radical (unpaired) electrons. The van der Waals surface area contributed by atoms with Crippen molar-refractivity contribution < 1.29 is 18.3 Å². The van der Waals surface area contributed by atoms with E-state index in [1.54, 1.807) is 38.1 Å². The van der Waals surface area contributed by atoms with Crippen LogP contribution in [0.25, 0.3) is 0 Å². The Morgan fingerprint density at radius 2 is 1.71 bits per heavy atom. The molecule has 0 aliphatic heterocycles. The maximum Gasteiger partial charge on any atom is 0.224 e. The van der Waals surface area contributed by atoms with Crippen LogP contribution in [0.15, 0.2) is 59.5 Å². The first-order chi connectivity index (χ1) is 13.2. The van der Waals surface area contributed by atoms with Gasteiger partial charge in [0.2, 0.25) is 5.91 Å². The summed E-state index contributed by atoms with van der Waals surface area (Å²) in [7, 11) is -3.32. The van der Waals surface area contributed by atoms with E-state index in [-0.39, 0.29) is 29.7 Å². The Hall–Kier alpha value is -2.18. The van der Waals surface area contributed by atoms with Crippen LogP contribution in [0.3, 0.4) is 0 Å². The summed E-state index contributed by atoms with van der Waals surface area (Å²) < 4.78 is 24.4. The minimum absolute atomic E-state index is 0.136. The van der Waals surface area contributed by atoms with Gasteiger partial charge in [-0.3, -0.25) is 4.79 Å². The Balaban J connectivity index is 1.63. The van der Waals surface area contributed by atoms with Crippen molar-refractivity contribution in [3.8, 4) is 0 Å². The molecule has 0 aromatic heterocycles. The molecule has 6 heteroatoms. The zero-order valence-corrected chi connectivity index (χ0v) is 17.1. The van der Waals surface area contributed by atoms with Gasteiger partial charge < -0.3 is 10.4 Å². The average molecular weight is 402 g/mol. The third kappa shape index (κ3) is 4.45. The van der Waals surface area contributed by atoms with Gasteiger partial charge in [-0.2, -0.15) is 0 Å². The summed E-state index contributed by atoms with van der Waals surface area (Å²) in [6.07, 6.45) is 2.04. The SMILES string of the molecule is CC(C)S(=O)(=O)c1ccc(CC(=O)NCC(O)(c2ccccc2)C2CC2)cc1. The summed E-state index contributed by atoms with van der Waals surface area (Å²) in [5.41, 5.74) is 0.502. The highest BCUT2D eigenvalue weighted by Gasteiger charge is 2.45. The van der Waals surface area contributed by atoms with Gasteiger partial charge in [0.1, 0.15) is 5.60 Å². The van der Waals surface area contributed by atoms with Crippen molar-refractivity contribution in [2.45, 2.75) is 48.9 Å². The van der Waals surface area contributed by atoms with E-state index >= 15 is 0 Å². The van der Waals surface area contributed by atoms with Crippen LogP contribution in [0.2, 0.25) is 0 Å². The second-order valence-electron chi connectivity index (χ2n) is 7.76. The molecule has 1 atom stereocenters. The number of carbonyl (C=O) groups is 1. The molecule has 0 bridgehead atoms. The Bertz CT molecular complexity index is 919. The maximum absolute atomic E-state index is 12.4. The minimum atomic E-state index is -3.32. The first-order valence-corrected chi connectivity index (χ1v) is 11.2. The van der Waals surface area contributed by atoms with E-state index in [0.717, 1.165) is 24.0 Å². The Kier molecular flexibility index (Phi) is 5.91. The molecule has 150 valence electrons. The fourth-order valence-corrected chi connectivity index (χ4v) is 4.38. The highest BCUT2D eigenvalue weighted by Crippen LogP contribution is 2.45. The molecule has 0 spiro atoms. The number of rotatable bonds is 8. The molecule has 2 aromatic rings. The molecular weight excluding hydrogens is 374 g/mol. The smallest absolute Gasteiger partial charge is 0.224 e. The lowest BCUT2D eigenvalue weighted by molar-refractivity contribution is -0.122. The Labute approximate surface area is 166 Å². The number of amides is 1. The summed E-state index contributed by atoms with van der Waals surface area (Å²) >= 11 is 0. The number of carbonyl (C=O) groups excluding carboxylic acids is 1. The Morgan fingerprint density at radius 1 is 1.11 bits per heavy atom. The summed E-state index contributed by atoms with van der Waals surface area (Å²) in [6.45, 7) is 3.45. The monoisotopic (exact) mass is 401 g/mol. The van der Waals surface area contributed by atoms with Crippen LogP contribution in [0.5, 0.6) is 0 Å². The maximum atomic E-state index is 12.4. The number of benzene rings is 2. The summed E-state index contributed by atoms with van der Waals surface area (Å²) in [5.74, 6) is -0.0369. The molecule has 2 N–H and O–H groups in total. The van der Waals surface area contributed by atoms with E-state index in [2.05, 4.69) is 5.32 Å². The van der Waals surface area contributed by atoms with Gasteiger partial charge in [-0.25, -0.2) is 8.42 Å². The zero-order chi connectivity index (χ0) is 20.4. The molecular formula is C22H27NO4S. The lowest BCUT2D eigenvalue weighted by atomic mass is 9.88. The van der Waals surface area contributed by atoms with Crippen LogP contribution in [0.1, 0.15) is 37.8 Å².